The number of carbonyl (C=O) groups is 4. The molecule has 0 aromatic heterocycles. The molecule has 2 N–H and O–H groups in total. The van der Waals surface area contributed by atoms with Crippen LogP contribution in [0.3, 0.4) is 0 Å². The molecule has 4 atom stereocenters. The Hall–Kier alpha value is -2.00. The minimum Gasteiger partial charge on any atom is -0.479 e. The Kier molecular flexibility index (Phi) is 3.06. The van der Waals surface area contributed by atoms with Gasteiger partial charge in [-0.15, -0.1) is 0 Å². The summed E-state index contributed by atoms with van der Waals surface area (Å²) in [5.41, 5.74) is -4.43. The van der Waals surface area contributed by atoms with E-state index in [2.05, 4.69) is 0 Å². The predicted octanol–water partition coefficient (Wildman–Crippen LogP) is -0.703. The van der Waals surface area contributed by atoms with Crippen molar-refractivity contribution in [3.63, 3.8) is 0 Å². The van der Waals surface area contributed by atoms with Crippen molar-refractivity contribution in [3.05, 3.63) is 0 Å². The van der Waals surface area contributed by atoms with Gasteiger partial charge in [-0.25, -0.2) is 14.5 Å². The van der Waals surface area contributed by atoms with E-state index in [1.165, 1.54) is 14.0 Å². The number of carboxylic acid groups (broad SMARTS) is 2. The molecule has 2 fully saturated rings. The van der Waals surface area contributed by atoms with Gasteiger partial charge in [0, 0.05) is 13.5 Å². The van der Waals surface area contributed by atoms with E-state index in [0.29, 0.717) is 0 Å². The Morgan fingerprint density at radius 1 is 1.50 bits per heavy atom. The van der Waals surface area contributed by atoms with Crippen molar-refractivity contribution >= 4 is 24.3 Å². The van der Waals surface area contributed by atoms with Crippen LogP contribution >= 0.6 is 0 Å². The average Bonchev–Trinajstić information content (AvgIpc) is 2.79. The van der Waals surface area contributed by atoms with Gasteiger partial charge in [0.15, 0.2) is 12.6 Å². The van der Waals surface area contributed by atoms with E-state index < -0.39 is 41.3 Å². The van der Waals surface area contributed by atoms with Gasteiger partial charge in [0.05, 0.1) is 5.92 Å². The standard InChI is InChI=1S/C11H13NO8/c1-10-5(3-6(19-2)20-10)7(14)12(9(17)18)11(10,4-13)8(15)16/h4-6H,3H2,1-2H3,(H,15,16)(H,17,18). The van der Waals surface area contributed by atoms with Gasteiger partial charge >= 0.3 is 12.1 Å². The number of methoxy groups -OCH3 is 1. The number of ether oxygens (including phenoxy) is 2. The van der Waals surface area contributed by atoms with Crippen LogP contribution in [0.1, 0.15) is 13.3 Å². The van der Waals surface area contributed by atoms with Crippen LogP contribution in [-0.2, 0) is 23.9 Å². The fourth-order valence-electron chi connectivity index (χ4n) is 2.98. The third-order valence-electron chi connectivity index (χ3n) is 4.05. The summed E-state index contributed by atoms with van der Waals surface area (Å²) < 4.78 is 10.3. The van der Waals surface area contributed by atoms with Gasteiger partial charge in [-0.2, -0.15) is 0 Å². The van der Waals surface area contributed by atoms with E-state index in [9.17, 15) is 24.3 Å². The molecule has 0 aliphatic carbocycles. The molecule has 2 rings (SSSR count). The quantitative estimate of drug-likeness (QED) is 0.514. The van der Waals surface area contributed by atoms with Crippen molar-refractivity contribution in [3.8, 4) is 0 Å². The van der Waals surface area contributed by atoms with Crippen molar-refractivity contribution in [2.75, 3.05) is 7.11 Å². The number of imide groups is 1. The first-order chi connectivity index (χ1) is 9.26. The Bertz CT molecular complexity index is 505. The summed E-state index contributed by atoms with van der Waals surface area (Å²) in [6.07, 6.45) is -2.76. The molecule has 2 amide bonds. The van der Waals surface area contributed by atoms with Crippen LogP contribution in [0.5, 0.6) is 0 Å². The van der Waals surface area contributed by atoms with E-state index in [1.54, 1.807) is 0 Å². The molecular weight excluding hydrogens is 274 g/mol. The Morgan fingerprint density at radius 2 is 2.10 bits per heavy atom. The first-order valence-corrected chi connectivity index (χ1v) is 5.73. The number of likely N-dealkylation sites (tertiary alicyclic amines) is 1. The summed E-state index contributed by atoms with van der Waals surface area (Å²) in [5.74, 6) is -3.82. The largest absolute Gasteiger partial charge is 0.479 e. The molecule has 0 aromatic rings. The second-order valence-electron chi connectivity index (χ2n) is 4.82. The van der Waals surface area contributed by atoms with E-state index in [1.807, 2.05) is 0 Å². The average molecular weight is 287 g/mol. The molecule has 2 aliphatic rings. The van der Waals surface area contributed by atoms with Gasteiger partial charge in [-0.3, -0.25) is 9.59 Å². The number of carboxylic acids is 1. The molecule has 0 spiro atoms. The predicted molar refractivity (Wildman–Crippen MR) is 59.7 cm³/mol. The van der Waals surface area contributed by atoms with Crippen LogP contribution in [-0.4, -0.2) is 63.9 Å². The summed E-state index contributed by atoms with van der Waals surface area (Å²) in [4.78, 5) is 46.4. The smallest absolute Gasteiger partial charge is 0.415 e. The molecule has 9 nitrogen and oxygen atoms in total. The molecule has 0 aromatic carbocycles. The summed E-state index contributed by atoms with van der Waals surface area (Å²) in [6.45, 7) is 1.24. The second-order valence-corrected chi connectivity index (χ2v) is 4.82. The lowest BCUT2D eigenvalue weighted by atomic mass is 9.77. The molecule has 2 heterocycles. The number of nitrogens with zero attached hydrogens (tertiary/aromatic N) is 1. The van der Waals surface area contributed by atoms with Crippen molar-refractivity contribution in [1.82, 2.24) is 4.90 Å². The number of rotatable bonds is 3. The van der Waals surface area contributed by atoms with E-state index in [4.69, 9.17) is 14.6 Å². The highest BCUT2D eigenvalue weighted by Crippen LogP contribution is 2.52. The molecule has 2 saturated heterocycles. The molecule has 9 heteroatoms. The van der Waals surface area contributed by atoms with Crippen molar-refractivity contribution in [2.45, 2.75) is 30.8 Å². The SMILES string of the molecule is COC1CC2C(=O)N(C(=O)O)C(C=O)(C(=O)O)C2(C)O1. The van der Waals surface area contributed by atoms with E-state index in [0.717, 1.165) is 0 Å². The summed E-state index contributed by atoms with van der Waals surface area (Å²) in [7, 11) is 1.30. The lowest BCUT2D eigenvalue weighted by Crippen LogP contribution is -2.66. The van der Waals surface area contributed by atoms with Crippen molar-refractivity contribution in [1.29, 1.82) is 0 Å². The van der Waals surface area contributed by atoms with Crippen LogP contribution in [0.25, 0.3) is 0 Å². The van der Waals surface area contributed by atoms with Crippen molar-refractivity contribution < 1.29 is 38.9 Å². The fourth-order valence-corrected chi connectivity index (χ4v) is 2.98. The van der Waals surface area contributed by atoms with Gasteiger partial charge in [-0.1, -0.05) is 0 Å². The number of aldehydes is 1. The van der Waals surface area contributed by atoms with Crippen LogP contribution < -0.4 is 0 Å². The number of amides is 2. The maximum absolute atomic E-state index is 12.2. The second kappa shape index (κ2) is 4.25. The lowest BCUT2D eigenvalue weighted by Gasteiger charge is -2.37. The van der Waals surface area contributed by atoms with Gasteiger partial charge in [-0.05, 0) is 6.92 Å². The van der Waals surface area contributed by atoms with Crippen LogP contribution in [0.2, 0.25) is 0 Å². The first kappa shape index (κ1) is 14.4. The summed E-state index contributed by atoms with van der Waals surface area (Å²) >= 11 is 0. The Labute approximate surface area is 113 Å². The minimum absolute atomic E-state index is 0.0154. The molecule has 4 unspecified atom stereocenters. The first-order valence-electron chi connectivity index (χ1n) is 5.73. The normalized spacial score (nSPS) is 39.7. The zero-order chi connectivity index (χ0) is 15.3. The van der Waals surface area contributed by atoms with Crippen molar-refractivity contribution in [2.24, 2.45) is 5.92 Å². The Balaban J connectivity index is 2.65. The highest BCUT2D eigenvalue weighted by Gasteiger charge is 2.76. The molecule has 110 valence electrons. The lowest BCUT2D eigenvalue weighted by molar-refractivity contribution is -0.193. The van der Waals surface area contributed by atoms with E-state index >= 15 is 0 Å². The number of carbonyl (C=O) groups excluding carboxylic acids is 2. The number of aliphatic carboxylic acids is 1. The van der Waals surface area contributed by atoms with E-state index in [-0.39, 0.29) is 17.6 Å². The number of hydrogen-bond acceptors (Lipinski definition) is 6. The summed E-state index contributed by atoms with van der Waals surface area (Å²) in [6, 6.07) is 0. The maximum atomic E-state index is 12.2. The zero-order valence-corrected chi connectivity index (χ0v) is 10.7. The van der Waals surface area contributed by atoms with Gasteiger partial charge < -0.3 is 19.7 Å². The third kappa shape index (κ3) is 1.38. The van der Waals surface area contributed by atoms with Gasteiger partial charge in [0.1, 0.15) is 5.60 Å². The molecular formula is C11H13NO8. The highest BCUT2D eigenvalue weighted by molar-refractivity contribution is 6.13. The third-order valence-corrected chi connectivity index (χ3v) is 4.05. The number of hydrogen-bond donors (Lipinski definition) is 2. The molecule has 0 saturated carbocycles. The monoisotopic (exact) mass is 287 g/mol. The zero-order valence-electron chi connectivity index (χ0n) is 10.7. The molecule has 2 aliphatic heterocycles. The number of fused-ring (bicyclic) bond motifs is 1. The Morgan fingerprint density at radius 3 is 2.50 bits per heavy atom. The minimum atomic E-state index is -2.62. The summed E-state index contributed by atoms with van der Waals surface area (Å²) in [5, 5.41) is 18.5. The highest BCUT2D eigenvalue weighted by atomic mass is 16.7. The molecule has 0 radical (unpaired) electrons. The van der Waals surface area contributed by atoms with Gasteiger partial charge in [0.2, 0.25) is 11.4 Å². The van der Waals surface area contributed by atoms with Crippen LogP contribution in [0.4, 0.5) is 4.79 Å². The fraction of sp³-hybridized carbons (Fsp3) is 0.636. The molecule has 20 heavy (non-hydrogen) atoms. The van der Waals surface area contributed by atoms with Crippen LogP contribution in [0, 0.1) is 5.92 Å². The van der Waals surface area contributed by atoms with Gasteiger partial charge in [0.25, 0.3) is 0 Å². The maximum Gasteiger partial charge on any atom is 0.415 e. The topological polar surface area (TPSA) is 130 Å². The molecule has 0 bridgehead atoms. The van der Waals surface area contributed by atoms with Crippen LogP contribution in [0.15, 0.2) is 0 Å².